The monoisotopic (exact) mass is 373 g/mol. The standard InChI is InChI=1S/C20H31N5O2/c1-6-25-15(3)16(12-21-25)17-11-18(27-23-17)19(26)22-20(4,5)13-24-10-8-7-9-14(24)2/h11-12,14H,6-10,13H2,1-5H3,(H,22,26). The highest BCUT2D eigenvalue weighted by Crippen LogP contribution is 2.23. The largest absolute Gasteiger partial charge is 0.350 e. The van der Waals surface area contributed by atoms with Gasteiger partial charge in [-0.2, -0.15) is 5.10 Å². The predicted octanol–water partition coefficient (Wildman–Crippen LogP) is 3.25. The van der Waals surface area contributed by atoms with Crippen LogP contribution in [0.25, 0.3) is 11.3 Å². The smallest absolute Gasteiger partial charge is 0.290 e. The van der Waals surface area contributed by atoms with E-state index in [-0.39, 0.29) is 17.2 Å². The molecule has 1 aliphatic rings. The molecule has 3 heterocycles. The molecule has 0 spiro atoms. The third-order valence-electron chi connectivity index (χ3n) is 5.40. The topological polar surface area (TPSA) is 76.2 Å². The summed E-state index contributed by atoms with van der Waals surface area (Å²) < 4.78 is 7.22. The number of aryl methyl sites for hydroxylation is 1. The molecule has 1 saturated heterocycles. The lowest BCUT2D eigenvalue weighted by Gasteiger charge is -2.39. The van der Waals surface area contributed by atoms with E-state index < -0.39 is 0 Å². The highest BCUT2D eigenvalue weighted by molar-refractivity contribution is 5.92. The van der Waals surface area contributed by atoms with Gasteiger partial charge in [0, 0.05) is 42.0 Å². The molecule has 0 radical (unpaired) electrons. The first-order chi connectivity index (χ1) is 12.8. The summed E-state index contributed by atoms with van der Waals surface area (Å²) in [7, 11) is 0. The molecule has 1 fully saturated rings. The van der Waals surface area contributed by atoms with Crippen molar-refractivity contribution in [2.75, 3.05) is 13.1 Å². The van der Waals surface area contributed by atoms with Crippen LogP contribution >= 0.6 is 0 Å². The van der Waals surface area contributed by atoms with E-state index in [0.29, 0.717) is 11.7 Å². The fourth-order valence-electron chi connectivity index (χ4n) is 3.83. The maximum atomic E-state index is 12.7. The van der Waals surface area contributed by atoms with Crippen molar-refractivity contribution in [3.63, 3.8) is 0 Å². The number of nitrogens with one attached hydrogen (secondary N) is 1. The Bertz CT molecular complexity index is 792. The number of rotatable bonds is 6. The van der Waals surface area contributed by atoms with Crippen LogP contribution in [-0.2, 0) is 6.54 Å². The highest BCUT2D eigenvalue weighted by Gasteiger charge is 2.29. The third-order valence-corrected chi connectivity index (χ3v) is 5.40. The second-order valence-electron chi connectivity index (χ2n) is 8.19. The van der Waals surface area contributed by atoms with E-state index in [1.54, 1.807) is 12.3 Å². The Kier molecular flexibility index (Phi) is 5.69. The van der Waals surface area contributed by atoms with Crippen molar-refractivity contribution in [2.45, 2.75) is 72.0 Å². The summed E-state index contributed by atoms with van der Waals surface area (Å²) in [4.78, 5) is 15.1. The average Bonchev–Trinajstić information content (AvgIpc) is 3.22. The normalized spacial score (nSPS) is 18.6. The molecule has 0 bridgehead atoms. The van der Waals surface area contributed by atoms with Crippen molar-refractivity contribution >= 4 is 5.91 Å². The fourth-order valence-corrected chi connectivity index (χ4v) is 3.83. The zero-order chi connectivity index (χ0) is 19.6. The van der Waals surface area contributed by atoms with Gasteiger partial charge in [-0.25, -0.2) is 0 Å². The molecule has 1 atom stereocenters. The number of amides is 1. The molecule has 1 N–H and O–H groups in total. The van der Waals surface area contributed by atoms with Crippen molar-refractivity contribution in [2.24, 2.45) is 0 Å². The fraction of sp³-hybridized carbons (Fsp3) is 0.650. The zero-order valence-corrected chi connectivity index (χ0v) is 17.1. The van der Waals surface area contributed by atoms with Crippen LogP contribution in [-0.4, -0.2) is 50.4 Å². The zero-order valence-electron chi connectivity index (χ0n) is 17.1. The Balaban J connectivity index is 1.67. The van der Waals surface area contributed by atoms with Crippen molar-refractivity contribution < 1.29 is 9.32 Å². The number of hydrogen-bond donors (Lipinski definition) is 1. The van der Waals surface area contributed by atoms with E-state index >= 15 is 0 Å². The van der Waals surface area contributed by atoms with Crippen LogP contribution in [0.3, 0.4) is 0 Å². The number of hydrogen-bond acceptors (Lipinski definition) is 5. The first-order valence-electron chi connectivity index (χ1n) is 9.87. The maximum absolute atomic E-state index is 12.7. The molecular formula is C20H31N5O2. The van der Waals surface area contributed by atoms with Crippen molar-refractivity contribution in [3.8, 4) is 11.3 Å². The molecule has 2 aromatic rings. The molecular weight excluding hydrogens is 342 g/mol. The lowest BCUT2D eigenvalue weighted by Crippen LogP contribution is -2.54. The lowest BCUT2D eigenvalue weighted by atomic mass is 9.98. The SMILES string of the molecule is CCn1ncc(-c2cc(C(=O)NC(C)(C)CN3CCCCC3C)on2)c1C. The predicted molar refractivity (Wildman–Crippen MR) is 105 cm³/mol. The number of aromatic nitrogens is 3. The number of carbonyl (C=O) groups is 1. The minimum Gasteiger partial charge on any atom is -0.350 e. The first-order valence-corrected chi connectivity index (χ1v) is 9.87. The Hall–Kier alpha value is -2.15. The number of nitrogens with zero attached hydrogens (tertiary/aromatic N) is 4. The molecule has 7 nitrogen and oxygen atoms in total. The maximum Gasteiger partial charge on any atom is 0.290 e. The van der Waals surface area contributed by atoms with Gasteiger partial charge in [-0.1, -0.05) is 11.6 Å². The molecule has 0 aliphatic carbocycles. The van der Waals surface area contributed by atoms with Gasteiger partial charge in [0.25, 0.3) is 5.91 Å². The van der Waals surface area contributed by atoms with Gasteiger partial charge in [0.1, 0.15) is 5.69 Å². The summed E-state index contributed by atoms with van der Waals surface area (Å²) in [5.41, 5.74) is 2.19. The van der Waals surface area contributed by atoms with E-state index in [1.807, 2.05) is 18.5 Å². The van der Waals surface area contributed by atoms with Gasteiger partial charge in [-0.05, 0) is 54.0 Å². The van der Waals surface area contributed by atoms with Gasteiger partial charge in [-0.15, -0.1) is 0 Å². The van der Waals surface area contributed by atoms with Crippen LogP contribution in [0.2, 0.25) is 0 Å². The Morgan fingerprint density at radius 1 is 1.41 bits per heavy atom. The van der Waals surface area contributed by atoms with E-state index in [2.05, 4.69) is 41.2 Å². The quantitative estimate of drug-likeness (QED) is 0.841. The van der Waals surface area contributed by atoms with Gasteiger partial charge in [0.15, 0.2) is 0 Å². The molecule has 3 rings (SSSR count). The molecule has 1 unspecified atom stereocenters. The highest BCUT2D eigenvalue weighted by atomic mass is 16.5. The summed E-state index contributed by atoms with van der Waals surface area (Å²) in [5, 5.41) is 11.5. The van der Waals surface area contributed by atoms with Crippen LogP contribution in [0.5, 0.6) is 0 Å². The van der Waals surface area contributed by atoms with Gasteiger partial charge < -0.3 is 9.84 Å². The van der Waals surface area contributed by atoms with Gasteiger partial charge >= 0.3 is 0 Å². The Morgan fingerprint density at radius 2 is 2.19 bits per heavy atom. The molecule has 7 heteroatoms. The summed E-state index contributed by atoms with van der Waals surface area (Å²) in [6.45, 7) is 13.1. The molecule has 27 heavy (non-hydrogen) atoms. The van der Waals surface area contributed by atoms with Crippen molar-refractivity contribution in [1.82, 2.24) is 25.2 Å². The number of carbonyl (C=O) groups excluding carboxylic acids is 1. The van der Waals surface area contributed by atoms with Crippen LogP contribution in [0.15, 0.2) is 16.8 Å². The minimum atomic E-state index is -0.349. The number of piperidine rings is 1. The van der Waals surface area contributed by atoms with Gasteiger partial charge in [0.05, 0.1) is 6.20 Å². The van der Waals surface area contributed by atoms with E-state index in [1.165, 1.54) is 19.3 Å². The van der Waals surface area contributed by atoms with Crippen LogP contribution in [0, 0.1) is 6.92 Å². The van der Waals surface area contributed by atoms with E-state index in [0.717, 1.165) is 30.9 Å². The third kappa shape index (κ3) is 4.40. The average molecular weight is 374 g/mol. The van der Waals surface area contributed by atoms with Crippen LogP contribution in [0.1, 0.15) is 63.2 Å². The molecule has 2 aromatic heterocycles. The number of likely N-dealkylation sites (tertiary alicyclic amines) is 1. The Morgan fingerprint density at radius 3 is 2.85 bits per heavy atom. The van der Waals surface area contributed by atoms with Crippen molar-refractivity contribution in [3.05, 3.63) is 23.7 Å². The Labute approximate surface area is 161 Å². The first kappa shape index (κ1) is 19.6. The van der Waals surface area contributed by atoms with Gasteiger partial charge in [0.2, 0.25) is 5.76 Å². The summed E-state index contributed by atoms with van der Waals surface area (Å²) in [5.74, 6) is -0.00244. The summed E-state index contributed by atoms with van der Waals surface area (Å²) >= 11 is 0. The van der Waals surface area contributed by atoms with E-state index in [9.17, 15) is 4.79 Å². The summed E-state index contributed by atoms with van der Waals surface area (Å²) in [6, 6.07) is 2.25. The molecule has 0 aromatic carbocycles. The van der Waals surface area contributed by atoms with Gasteiger partial charge in [-0.3, -0.25) is 14.4 Å². The van der Waals surface area contributed by atoms with Crippen molar-refractivity contribution in [1.29, 1.82) is 0 Å². The second-order valence-corrected chi connectivity index (χ2v) is 8.19. The summed E-state index contributed by atoms with van der Waals surface area (Å²) in [6.07, 6.45) is 5.50. The molecule has 1 amide bonds. The minimum absolute atomic E-state index is 0.230. The molecule has 148 valence electrons. The van der Waals surface area contributed by atoms with E-state index in [4.69, 9.17) is 4.52 Å². The molecule has 0 saturated carbocycles. The second kappa shape index (κ2) is 7.84. The lowest BCUT2D eigenvalue weighted by molar-refractivity contribution is 0.0801. The van der Waals surface area contributed by atoms with Crippen LogP contribution < -0.4 is 5.32 Å². The van der Waals surface area contributed by atoms with Crippen LogP contribution in [0.4, 0.5) is 0 Å². The molecule has 1 aliphatic heterocycles.